The Morgan fingerprint density at radius 1 is 1.17 bits per heavy atom. The Balaban J connectivity index is 1.63. The van der Waals surface area contributed by atoms with E-state index in [0.29, 0.717) is 53.4 Å². The average Bonchev–Trinajstić information content (AvgIpc) is 3.62. The van der Waals surface area contributed by atoms with E-state index in [2.05, 4.69) is 32.6 Å². The van der Waals surface area contributed by atoms with Crippen LogP contribution in [0.25, 0.3) is 10.8 Å². The monoisotopic (exact) mass is 578 g/mol. The standard InChI is InChI=1S/C29H28F2N6O5/c1-5-23(38)34-19-13-37(2)36-29(19)35-22-10-18-15(12-32-22)6-7-17(27(18)33-16-8-9-42-14-16)28(39)24-25(30)20(40-3)11-21(41-4)26(24)31/h5-7,10-13,16,33H,1,8-9,14H2,2-4H3,(H,34,38)(H,32,35,36). The molecule has 1 amide bonds. The maximum Gasteiger partial charge on any atom is 0.247 e. The van der Waals surface area contributed by atoms with E-state index in [1.807, 2.05) is 0 Å². The molecule has 0 spiro atoms. The molecule has 1 saturated heterocycles. The Labute approximate surface area is 239 Å². The lowest BCUT2D eigenvalue weighted by Gasteiger charge is -2.20. The summed E-state index contributed by atoms with van der Waals surface area (Å²) >= 11 is 0. The van der Waals surface area contributed by atoms with Gasteiger partial charge in [0.15, 0.2) is 29.0 Å². The molecule has 1 atom stereocenters. The fraction of sp³-hybridized carbons (Fsp3) is 0.241. The molecule has 0 bridgehead atoms. The Morgan fingerprint density at radius 3 is 2.55 bits per heavy atom. The van der Waals surface area contributed by atoms with Gasteiger partial charge in [-0.3, -0.25) is 14.3 Å². The van der Waals surface area contributed by atoms with Crippen LogP contribution < -0.4 is 25.4 Å². The van der Waals surface area contributed by atoms with Gasteiger partial charge in [-0.15, -0.1) is 0 Å². The van der Waals surface area contributed by atoms with Gasteiger partial charge in [-0.25, -0.2) is 13.8 Å². The molecule has 4 aromatic rings. The molecule has 5 rings (SSSR count). The number of benzene rings is 2. The van der Waals surface area contributed by atoms with Crippen LogP contribution in [0.1, 0.15) is 22.3 Å². The van der Waals surface area contributed by atoms with Crippen molar-refractivity contribution < 1.29 is 32.6 Å². The molecular weight excluding hydrogens is 550 g/mol. The predicted molar refractivity (Wildman–Crippen MR) is 153 cm³/mol. The minimum Gasteiger partial charge on any atom is -0.494 e. The van der Waals surface area contributed by atoms with Crippen LogP contribution in [0.3, 0.4) is 0 Å². The van der Waals surface area contributed by atoms with E-state index in [9.17, 15) is 9.59 Å². The molecule has 3 heterocycles. The van der Waals surface area contributed by atoms with E-state index in [0.717, 1.165) is 12.1 Å². The number of hydrogen-bond donors (Lipinski definition) is 3. The molecule has 13 heteroatoms. The van der Waals surface area contributed by atoms with Crippen LogP contribution in [-0.2, 0) is 16.6 Å². The first-order valence-electron chi connectivity index (χ1n) is 12.9. The summed E-state index contributed by atoms with van der Waals surface area (Å²) < 4.78 is 47.8. The number of nitrogens with one attached hydrogen (secondary N) is 3. The number of methoxy groups -OCH3 is 2. The van der Waals surface area contributed by atoms with Gasteiger partial charge in [0.05, 0.1) is 38.8 Å². The summed E-state index contributed by atoms with van der Waals surface area (Å²) in [6, 6.07) is 5.70. The van der Waals surface area contributed by atoms with Crippen molar-refractivity contribution in [3.05, 3.63) is 72.1 Å². The van der Waals surface area contributed by atoms with Gasteiger partial charge in [-0.2, -0.15) is 5.10 Å². The minimum absolute atomic E-state index is 0.0245. The van der Waals surface area contributed by atoms with E-state index in [-0.39, 0.29) is 23.1 Å². The number of amides is 1. The molecule has 2 aromatic heterocycles. The highest BCUT2D eigenvalue weighted by molar-refractivity contribution is 6.17. The van der Waals surface area contributed by atoms with E-state index >= 15 is 8.78 Å². The zero-order chi connectivity index (χ0) is 30.0. The number of rotatable bonds is 10. The number of carbonyl (C=O) groups is 2. The molecule has 1 unspecified atom stereocenters. The van der Waals surface area contributed by atoms with Crippen molar-refractivity contribution in [1.29, 1.82) is 0 Å². The molecule has 42 heavy (non-hydrogen) atoms. The molecule has 0 radical (unpaired) electrons. The normalized spacial score (nSPS) is 14.5. The van der Waals surface area contributed by atoms with Gasteiger partial charge in [0.1, 0.15) is 17.1 Å². The Bertz CT molecular complexity index is 1670. The third-order valence-corrected chi connectivity index (χ3v) is 6.75. The molecule has 0 aliphatic carbocycles. The maximum atomic E-state index is 15.4. The highest BCUT2D eigenvalue weighted by Gasteiger charge is 2.29. The maximum absolute atomic E-state index is 15.4. The van der Waals surface area contributed by atoms with Gasteiger partial charge in [0.2, 0.25) is 11.7 Å². The average molecular weight is 579 g/mol. The van der Waals surface area contributed by atoms with Crippen LogP contribution in [0, 0.1) is 11.6 Å². The number of fused-ring (bicyclic) bond motifs is 1. The summed E-state index contributed by atoms with van der Waals surface area (Å²) in [6.45, 7) is 4.37. The molecule has 0 saturated carbocycles. The number of hydrogen-bond acceptors (Lipinski definition) is 9. The van der Waals surface area contributed by atoms with Crippen molar-refractivity contribution in [2.75, 3.05) is 43.4 Å². The van der Waals surface area contributed by atoms with Gasteiger partial charge in [0.25, 0.3) is 0 Å². The van der Waals surface area contributed by atoms with Crippen LogP contribution in [0.2, 0.25) is 0 Å². The zero-order valence-electron chi connectivity index (χ0n) is 23.1. The van der Waals surface area contributed by atoms with Crippen LogP contribution in [0.4, 0.5) is 31.8 Å². The lowest BCUT2D eigenvalue weighted by molar-refractivity contribution is -0.111. The van der Waals surface area contributed by atoms with Gasteiger partial charge in [0, 0.05) is 42.3 Å². The second kappa shape index (κ2) is 11.8. The summed E-state index contributed by atoms with van der Waals surface area (Å²) in [5.41, 5.74) is -0.0379. The molecule has 1 aliphatic rings. The number of ketones is 1. The molecular formula is C29H28F2N6O5. The molecule has 11 nitrogen and oxygen atoms in total. The molecule has 218 valence electrons. The third-order valence-electron chi connectivity index (χ3n) is 6.75. The first kappa shape index (κ1) is 28.5. The van der Waals surface area contributed by atoms with Crippen molar-refractivity contribution in [3.8, 4) is 11.5 Å². The van der Waals surface area contributed by atoms with Crippen LogP contribution >= 0.6 is 0 Å². The van der Waals surface area contributed by atoms with Crippen LogP contribution in [0.5, 0.6) is 11.5 Å². The van der Waals surface area contributed by atoms with E-state index < -0.39 is 28.9 Å². The van der Waals surface area contributed by atoms with Crippen LogP contribution in [-0.4, -0.2) is 59.9 Å². The summed E-state index contributed by atoms with van der Waals surface area (Å²) in [4.78, 5) is 30.2. The van der Waals surface area contributed by atoms with Crippen molar-refractivity contribution in [2.24, 2.45) is 7.05 Å². The zero-order valence-corrected chi connectivity index (χ0v) is 23.1. The van der Waals surface area contributed by atoms with Crippen LogP contribution in [0.15, 0.2) is 49.3 Å². The quantitative estimate of drug-likeness (QED) is 0.183. The number of halogens is 2. The van der Waals surface area contributed by atoms with Crippen molar-refractivity contribution >= 4 is 45.5 Å². The first-order valence-corrected chi connectivity index (χ1v) is 12.9. The summed E-state index contributed by atoms with van der Waals surface area (Å²) in [5.74, 6) is -3.61. The topological polar surface area (TPSA) is 129 Å². The number of nitrogens with zero attached hydrogens (tertiary/aromatic N) is 3. The Morgan fingerprint density at radius 2 is 1.90 bits per heavy atom. The highest BCUT2D eigenvalue weighted by Crippen LogP contribution is 2.37. The number of ether oxygens (including phenoxy) is 3. The summed E-state index contributed by atoms with van der Waals surface area (Å²) in [6.07, 6.45) is 5.00. The van der Waals surface area contributed by atoms with Gasteiger partial charge in [-0.05, 0) is 24.6 Å². The highest BCUT2D eigenvalue weighted by atomic mass is 19.1. The van der Waals surface area contributed by atoms with E-state index in [1.54, 1.807) is 31.6 Å². The number of pyridine rings is 1. The lowest BCUT2D eigenvalue weighted by Crippen LogP contribution is -2.22. The summed E-state index contributed by atoms with van der Waals surface area (Å²) in [5, 5.41) is 14.6. The SMILES string of the molecule is C=CC(=O)Nc1cn(C)nc1Nc1cc2c(NC3CCOC3)c(C(=O)c3c(F)c(OC)cc(OC)c3F)ccc2cn1. The minimum atomic E-state index is -1.14. The first-order chi connectivity index (χ1) is 20.2. The predicted octanol–water partition coefficient (Wildman–Crippen LogP) is 4.56. The van der Waals surface area contributed by atoms with Gasteiger partial charge >= 0.3 is 0 Å². The van der Waals surface area contributed by atoms with Gasteiger partial charge in [-0.1, -0.05) is 12.6 Å². The Hall–Kier alpha value is -5.04. The smallest absolute Gasteiger partial charge is 0.247 e. The second-order valence-electron chi connectivity index (χ2n) is 9.48. The van der Waals surface area contributed by atoms with Crippen molar-refractivity contribution in [3.63, 3.8) is 0 Å². The lowest BCUT2D eigenvalue weighted by atomic mass is 9.96. The van der Waals surface area contributed by atoms with Crippen molar-refractivity contribution in [1.82, 2.24) is 14.8 Å². The summed E-state index contributed by atoms with van der Waals surface area (Å²) in [7, 11) is 4.12. The fourth-order valence-corrected chi connectivity index (χ4v) is 4.68. The Kier molecular flexibility index (Phi) is 8.02. The van der Waals surface area contributed by atoms with Crippen molar-refractivity contribution in [2.45, 2.75) is 12.5 Å². The molecule has 3 N–H and O–H groups in total. The van der Waals surface area contributed by atoms with Gasteiger partial charge < -0.3 is 30.2 Å². The van der Waals surface area contributed by atoms with E-state index in [4.69, 9.17) is 14.2 Å². The number of aromatic nitrogens is 3. The fourth-order valence-electron chi connectivity index (χ4n) is 4.68. The second-order valence-corrected chi connectivity index (χ2v) is 9.48. The molecule has 1 fully saturated rings. The van der Waals surface area contributed by atoms with E-state index in [1.165, 1.54) is 25.0 Å². The number of aryl methyl sites for hydroxylation is 1. The third kappa shape index (κ3) is 5.46. The molecule has 2 aromatic carbocycles. The number of carbonyl (C=O) groups excluding carboxylic acids is 2. The molecule has 1 aliphatic heterocycles. The number of anilines is 4. The largest absolute Gasteiger partial charge is 0.494 e.